The summed E-state index contributed by atoms with van der Waals surface area (Å²) in [5.74, 6) is 0.543. The van der Waals surface area contributed by atoms with Gasteiger partial charge in [0.25, 0.3) is 5.91 Å². The first kappa shape index (κ1) is 14.4. The Hall–Kier alpha value is -2.04. The van der Waals surface area contributed by atoms with Crippen LogP contribution in [0.1, 0.15) is 15.9 Å². The van der Waals surface area contributed by atoms with E-state index in [1.54, 1.807) is 36.4 Å². The normalized spacial score (nSPS) is 10.3. The molecule has 0 radical (unpaired) electrons. The SMILES string of the molecule is CNCc1cc(Cl)ccc1Oc1ccccc1C(N)=O. The van der Waals surface area contributed by atoms with Gasteiger partial charge in [-0.15, -0.1) is 0 Å². The van der Waals surface area contributed by atoms with Crippen LogP contribution in [0.3, 0.4) is 0 Å². The molecule has 0 aliphatic rings. The molecule has 0 saturated heterocycles. The van der Waals surface area contributed by atoms with Crippen molar-refractivity contribution in [3.8, 4) is 11.5 Å². The van der Waals surface area contributed by atoms with Gasteiger partial charge in [0.15, 0.2) is 0 Å². The Morgan fingerprint density at radius 1 is 1.25 bits per heavy atom. The highest BCUT2D eigenvalue weighted by Gasteiger charge is 2.11. The Morgan fingerprint density at radius 2 is 2.00 bits per heavy atom. The number of carbonyl (C=O) groups excluding carboxylic acids is 1. The van der Waals surface area contributed by atoms with Crippen LogP contribution in [0.2, 0.25) is 5.02 Å². The van der Waals surface area contributed by atoms with E-state index in [1.807, 2.05) is 13.1 Å². The number of ether oxygens (including phenoxy) is 1. The average molecular weight is 291 g/mol. The molecule has 0 atom stereocenters. The van der Waals surface area contributed by atoms with Crippen LogP contribution in [-0.4, -0.2) is 13.0 Å². The molecule has 2 rings (SSSR count). The number of benzene rings is 2. The van der Waals surface area contributed by atoms with E-state index in [1.165, 1.54) is 0 Å². The molecule has 104 valence electrons. The molecule has 0 aliphatic heterocycles. The maximum Gasteiger partial charge on any atom is 0.252 e. The van der Waals surface area contributed by atoms with E-state index in [0.717, 1.165) is 5.56 Å². The van der Waals surface area contributed by atoms with E-state index in [-0.39, 0.29) is 0 Å². The second-order valence-electron chi connectivity index (χ2n) is 4.24. The first-order valence-electron chi connectivity index (χ1n) is 6.11. The van der Waals surface area contributed by atoms with Gasteiger partial charge in [-0.25, -0.2) is 0 Å². The number of rotatable bonds is 5. The van der Waals surface area contributed by atoms with Crippen LogP contribution in [0.25, 0.3) is 0 Å². The van der Waals surface area contributed by atoms with Gasteiger partial charge >= 0.3 is 0 Å². The highest BCUT2D eigenvalue weighted by Crippen LogP contribution is 2.29. The third-order valence-corrected chi connectivity index (χ3v) is 3.00. The number of nitrogens with two attached hydrogens (primary N) is 1. The molecule has 0 aliphatic carbocycles. The molecule has 5 heteroatoms. The lowest BCUT2D eigenvalue weighted by Gasteiger charge is -2.13. The quantitative estimate of drug-likeness (QED) is 0.890. The minimum Gasteiger partial charge on any atom is -0.456 e. The van der Waals surface area contributed by atoms with Crippen molar-refractivity contribution in [2.75, 3.05) is 7.05 Å². The van der Waals surface area contributed by atoms with Gasteiger partial charge in [0, 0.05) is 17.1 Å². The molecular weight excluding hydrogens is 276 g/mol. The zero-order valence-electron chi connectivity index (χ0n) is 11.0. The number of hydrogen-bond acceptors (Lipinski definition) is 3. The predicted molar refractivity (Wildman–Crippen MR) is 79.2 cm³/mol. The van der Waals surface area contributed by atoms with Crippen LogP contribution >= 0.6 is 11.6 Å². The van der Waals surface area contributed by atoms with Crippen molar-refractivity contribution in [1.82, 2.24) is 5.32 Å². The van der Waals surface area contributed by atoms with Crippen LogP contribution in [0, 0.1) is 0 Å². The lowest BCUT2D eigenvalue weighted by Crippen LogP contribution is -2.12. The van der Waals surface area contributed by atoms with Crippen molar-refractivity contribution < 1.29 is 9.53 Å². The molecule has 2 aromatic rings. The number of carbonyl (C=O) groups is 1. The van der Waals surface area contributed by atoms with Crippen LogP contribution < -0.4 is 15.8 Å². The van der Waals surface area contributed by atoms with Gasteiger partial charge in [0.05, 0.1) is 5.56 Å². The van der Waals surface area contributed by atoms with Gasteiger partial charge < -0.3 is 15.8 Å². The van der Waals surface area contributed by atoms with E-state index < -0.39 is 5.91 Å². The fraction of sp³-hybridized carbons (Fsp3) is 0.133. The number of halogens is 1. The largest absolute Gasteiger partial charge is 0.456 e. The molecule has 20 heavy (non-hydrogen) atoms. The standard InChI is InChI=1S/C15H15ClN2O2/c1-18-9-10-8-11(16)6-7-13(10)20-14-5-3-2-4-12(14)15(17)19/h2-8,18H,9H2,1H3,(H2,17,19). The molecule has 1 amide bonds. The Kier molecular flexibility index (Phi) is 4.61. The van der Waals surface area contributed by atoms with Crippen LogP contribution in [-0.2, 0) is 6.54 Å². The predicted octanol–water partition coefficient (Wildman–Crippen LogP) is 2.95. The Labute approximate surface area is 122 Å². The van der Waals surface area contributed by atoms with Crippen molar-refractivity contribution in [3.05, 3.63) is 58.6 Å². The van der Waals surface area contributed by atoms with Gasteiger partial charge in [0.2, 0.25) is 0 Å². The van der Waals surface area contributed by atoms with Crippen molar-refractivity contribution >= 4 is 17.5 Å². The van der Waals surface area contributed by atoms with E-state index in [0.29, 0.717) is 28.6 Å². The lowest BCUT2D eigenvalue weighted by molar-refractivity contribution is 0.0998. The molecule has 0 spiro atoms. The third-order valence-electron chi connectivity index (χ3n) is 2.76. The number of primary amides is 1. The molecule has 0 unspecified atom stereocenters. The number of hydrogen-bond donors (Lipinski definition) is 2. The van der Waals surface area contributed by atoms with E-state index in [4.69, 9.17) is 22.1 Å². The zero-order chi connectivity index (χ0) is 14.5. The highest BCUT2D eigenvalue weighted by atomic mass is 35.5. The molecule has 0 bridgehead atoms. The Balaban J connectivity index is 2.37. The summed E-state index contributed by atoms with van der Waals surface area (Å²) in [6, 6.07) is 12.2. The molecule has 0 heterocycles. The highest BCUT2D eigenvalue weighted by molar-refractivity contribution is 6.30. The summed E-state index contributed by atoms with van der Waals surface area (Å²) in [7, 11) is 1.84. The molecule has 4 nitrogen and oxygen atoms in total. The third kappa shape index (κ3) is 3.29. The first-order chi connectivity index (χ1) is 9.61. The summed E-state index contributed by atoms with van der Waals surface area (Å²) in [6.07, 6.45) is 0. The monoisotopic (exact) mass is 290 g/mol. The van der Waals surface area contributed by atoms with Crippen molar-refractivity contribution in [2.45, 2.75) is 6.54 Å². The van der Waals surface area contributed by atoms with Gasteiger partial charge in [0.1, 0.15) is 11.5 Å². The van der Waals surface area contributed by atoms with Gasteiger partial charge in [-0.05, 0) is 37.4 Å². The Bertz CT molecular complexity index is 629. The second kappa shape index (κ2) is 6.41. The lowest BCUT2D eigenvalue weighted by atomic mass is 10.1. The maximum absolute atomic E-state index is 11.4. The van der Waals surface area contributed by atoms with Crippen molar-refractivity contribution in [3.63, 3.8) is 0 Å². The van der Waals surface area contributed by atoms with Crippen molar-refractivity contribution in [1.29, 1.82) is 0 Å². The topological polar surface area (TPSA) is 64.3 Å². The van der Waals surface area contributed by atoms with Crippen molar-refractivity contribution in [2.24, 2.45) is 5.73 Å². The van der Waals surface area contributed by atoms with Crippen LogP contribution in [0.5, 0.6) is 11.5 Å². The fourth-order valence-electron chi connectivity index (χ4n) is 1.85. The number of amides is 1. The summed E-state index contributed by atoms with van der Waals surface area (Å²) in [6.45, 7) is 0.606. The fourth-order valence-corrected chi connectivity index (χ4v) is 2.05. The summed E-state index contributed by atoms with van der Waals surface area (Å²) < 4.78 is 5.81. The Morgan fingerprint density at radius 3 is 2.70 bits per heavy atom. The minimum atomic E-state index is -0.523. The van der Waals surface area contributed by atoms with Gasteiger partial charge in [-0.2, -0.15) is 0 Å². The smallest absolute Gasteiger partial charge is 0.252 e. The minimum absolute atomic E-state index is 0.345. The van der Waals surface area contributed by atoms with Gasteiger partial charge in [-0.1, -0.05) is 23.7 Å². The van der Waals surface area contributed by atoms with Crippen LogP contribution in [0.15, 0.2) is 42.5 Å². The molecule has 0 fully saturated rings. The van der Waals surface area contributed by atoms with E-state index in [9.17, 15) is 4.79 Å². The number of para-hydroxylation sites is 1. The second-order valence-corrected chi connectivity index (χ2v) is 4.68. The average Bonchev–Trinajstić information content (AvgIpc) is 2.42. The summed E-state index contributed by atoms with van der Waals surface area (Å²) in [5, 5.41) is 3.67. The summed E-state index contributed by atoms with van der Waals surface area (Å²) in [5.41, 5.74) is 6.58. The summed E-state index contributed by atoms with van der Waals surface area (Å²) >= 11 is 5.98. The van der Waals surface area contributed by atoms with E-state index >= 15 is 0 Å². The van der Waals surface area contributed by atoms with E-state index in [2.05, 4.69) is 5.32 Å². The zero-order valence-corrected chi connectivity index (χ0v) is 11.8. The molecular formula is C15H15ClN2O2. The molecule has 3 N–H and O–H groups in total. The molecule has 0 aromatic heterocycles. The van der Waals surface area contributed by atoms with Crippen LogP contribution in [0.4, 0.5) is 0 Å². The number of nitrogens with one attached hydrogen (secondary N) is 1. The molecule has 2 aromatic carbocycles. The first-order valence-corrected chi connectivity index (χ1v) is 6.49. The molecule has 0 saturated carbocycles. The summed E-state index contributed by atoms with van der Waals surface area (Å²) in [4.78, 5) is 11.4. The van der Waals surface area contributed by atoms with Gasteiger partial charge in [-0.3, -0.25) is 4.79 Å². The maximum atomic E-state index is 11.4.